The fraction of sp³-hybridized carbons (Fsp3) is 0.611. The average molecular weight is 365 g/mol. The third-order valence-corrected chi connectivity index (χ3v) is 4.86. The van der Waals surface area contributed by atoms with E-state index in [1.54, 1.807) is 37.6 Å². The lowest BCUT2D eigenvalue weighted by Crippen LogP contribution is -2.48. The molecule has 1 aliphatic heterocycles. The largest absolute Gasteiger partial charge is 0.465 e. The molecule has 8 nitrogen and oxygen atoms in total. The van der Waals surface area contributed by atoms with E-state index in [9.17, 15) is 14.4 Å². The normalized spacial score (nSPS) is 15.8. The van der Waals surface area contributed by atoms with Gasteiger partial charge >= 0.3 is 5.97 Å². The van der Waals surface area contributed by atoms with E-state index in [0.29, 0.717) is 48.8 Å². The minimum absolute atomic E-state index is 0.0231. The van der Waals surface area contributed by atoms with Crippen LogP contribution in [0.25, 0.3) is 0 Å². The lowest BCUT2D eigenvalue weighted by Gasteiger charge is -2.30. The molecule has 2 rings (SSSR count). The SMILES string of the molecule is COC(=O)c1c(C)[nH]c(C(=O)[C@@H](C)N(C)CC(=O)N2CCOCC2)c1C. The monoisotopic (exact) mass is 365 g/mol. The summed E-state index contributed by atoms with van der Waals surface area (Å²) in [6.07, 6.45) is 0. The van der Waals surface area contributed by atoms with Crippen LogP contribution in [0.5, 0.6) is 0 Å². The zero-order chi connectivity index (χ0) is 19.4. The maximum absolute atomic E-state index is 12.9. The molecular formula is C18H27N3O5. The number of H-pyrrole nitrogens is 1. The van der Waals surface area contributed by atoms with Crippen LogP contribution in [0.2, 0.25) is 0 Å². The Morgan fingerprint density at radius 1 is 1.27 bits per heavy atom. The molecule has 1 saturated heterocycles. The lowest BCUT2D eigenvalue weighted by atomic mass is 10.0. The maximum atomic E-state index is 12.9. The number of nitrogens with one attached hydrogen (secondary N) is 1. The molecule has 2 heterocycles. The van der Waals surface area contributed by atoms with E-state index in [4.69, 9.17) is 9.47 Å². The Bertz CT molecular complexity index is 691. The molecule has 1 fully saturated rings. The third kappa shape index (κ3) is 4.13. The van der Waals surface area contributed by atoms with E-state index in [1.165, 1.54) is 7.11 Å². The molecule has 0 radical (unpaired) electrons. The third-order valence-electron chi connectivity index (χ3n) is 4.86. The van der Waals surface area contributed by atoms with Crippen molar-refractivity contribution in [3.05, 3.63) is 22.5 Å². The molecule has 0 bridgehead atoms. The molecule has 1 N–H and O–H groups in total. The van der Waals surface area contributed by atoms with Gasteiger partial charge in [-0.25, -0.2) is 4.79 Å². The molecule has 0 unspecified atom stereocenters. The van der Waals surface area contributed by atoms with Crippen LogP contribution >= 0.6 is 0 Å². The number of morpholine rings is 1. The van der Waals surface area contributed by atoms with Gasteiger partial charge in [-0.1, -0.05) is 0 Å². The van der Waals surface area contributed by atoms with Gasteiger partial charge in [0.1, 0.15) is 0 Å². The highest BCUT2D eigenvalue weighted by Crippen LogP contribution is 2.21. The summed E-state index contributed by atoms with van der Waals surface area (Å²) in [6.45, 7) is 7.58. The van der Waals surface area contributed by atoms with E-state index in [-0.39, 0.29) is 18.2 Å². The molecule has 8 heteroatoms. The molecule has 1 aromatic heterocycles. The summed E-state index contributed by atoms with van der Waals surface area (Å²) < 4.78 is 10.0. The van der Waals surface area contributed by atoms with E-state index < -0.39 is 12.0 Å². The predicted octanol–water partition coefficient (Wildman–Crippen LogP) is 0.780. The topological polar surface area (TPSA) is 91.9 Å². The summed E-state index contributed by atoms with van der Waals surface area (Å²) in [6, 6.07) is -0.512. The first-order chi connectivity index (χ1) is 12.3. The van der Waals surface area contributed by atoms with Crippen molar-refractivity contribution in [2.24, 2.45) is 0 Å². The number of likely N-dealkylation sites (N-methyl/N-ethyl adjacent to an activating group) is 1. The second-order valence-corrected chi connectivity index (χ2v) is 6.57. The van der Waals surface area contributed by atoms with Crippen LogP contribution in [0.15, 0.2) is 0 Å². The summed E-state index contributed by atoms with van der Waals surface area (Å²) in [5.74, 6) is -0.665. The molecule has 0 spiro atoms. The number of rotatable bonds is 6. The molecule has 1 aromatic rings. The number of ketones is 1. The number of hydrogen-bond acceptors (Lipinski definition) is 6. The second-order valence-electron chi connectivity index (χ2n) is 6.57. The second kappa shape index (κ2) is 8.46. The molecular weight excluding hydrogens is 338 g/mol. The highest BCUT2D eigenvalue weighted by molar-refractivity contribution is 6.03. The van der Waals surface area contributed by atoms with Gasteiger partial charge in [-0.05, 0) is 33.4 Å². The standard InChI is InChI=1S/C18H27N3O5/c1-11-15(18(24)25-5)12(2)19-16(11)17(23)13(3)20(4)10-14(22)21-6-8-26-9-7-21/h13,19H,6-10H2,1-5H3/t13-/m1/s1. The van der Waals surface area contributed by atoms with Gasteiger partial charge in [0.25, 0.3) is 0 Å². The van der Waals surface area contributed by atoms with Crippen molar-refractivity contribution in [1.82, 2.24) is 14.8 Å². The van der Waals surface area contributed by atoms with E-state index in [0.717, 1.165) is 0 Å². The van der Waals surface area contributed by atoms with Crippen LogP contribution in [0.4, 0.5) is 0 Å². The van der Waals surface area contributed by atoms with Crippen LogP contribution in [0.1, 0.15) is 39.0 Å². The van der Waals surface area contributed by atoms with Crippen molar-refractivity contribution < 1.29 is 23.9 Å². The van der Waals surface area contributed by atoms with Crippen LogP contribution in [0.3, 0.4) is 0 Å². The fourth-order valence-corrected chi connectivity index (χ4v) is 3.08. The lowest BCUT2D eigenvalue weighted by molar-refractivity contribution is -0.136. The van der Waals surface area contributed by atoms with E-state index >= 15 is 0 Å². The van der Waals surface area contributed by atoms with Crippen molar-refractivity contribution in [3.63, 3.8) is 0 Å². The Hall–Kier alpha value is -2.19. The van der Waals surface area contributed by atoms with Crippen molar-refractivity contribution >= 4 is 17.7 Å². The first-order valence-electron chi connectivity index (χ1n) is 8.65. The number of carbonyl (C=O) groups is 3. The van der Waals surface area contributed by atoms with Gasteiger partial charge in [0, 0.05) is 18.8 Å². The first kappa shape index (κ1) is 20.1. The number of aromatic amines is 1. The minimum atomic E-state index is -0.512. The number of Topliss-reactive ketones (excluding diaryl/α,β-unsaturated/α-hetero) is 1. The molecule has 0 aromatic carbocycles. The summed E-state index contributed by atoms with van der Waals surface area (Å²) in [5, 5.41) is 0. The Labute approximate surface area is 153 Å². The molecule has 1 aliphatic rings. The number of aromatic nitrogens is 1. The van der Waals surface area contributed by atoms with Crippen LogP contribution in [0, 0.1) is 13.8 Å². The zero-order valence-electron chi connectivity index (χ0n) is 16.0. The van der Waals surface area contributed by atoms with Crippen molar-refractivity contribution in [3.8, 4) is 0 Å². The highest BCUT2D eigenvalue weighted by Gasteiger charge is 2.29. The summed E-state index contributed by atoms with van der Waals surface area (Å²) in [7, 11) is 3.05. The van der Waals surface area contributed by atoms with E-state index in [2.05, 4.69) is 4.98 Å². The summed E-state index contributed by atoms with van der Waals surface area (Å²) in [4.78, 5) is 43.6. The number of ether oxygens (including phenoxy) is 2. The predicted molar refractivity (Wildman–Crippen MR) is 95.4 cm³/mol. The molecule has 0 aliphatic carbocycles. The van der Waals surface area contributed by atoms with Gasteiger partial charge in [-0.15, -0.1) is 0 Å². The fourth-order valence-electron chi connectivity index (χ4n) is 3.08. The minimum Gasteiger partial charge on any atom is -0.465 e. The van der Waals surface area contributed by atoms with Crippen molar-refractivity contribution in [2.45, 2.75) is 26.8 Å². The molecule has 1 amide bonds. The van der Waals surface area contributed by atoms with Crippen LogP contribution in [-0.4, -0.2) is 85.5 Å². The van der Waals surface area contributed by atoms with Gasteiger partial charge < -0.3 is 19.4 Å². The van der Waals surface area contributed by atoms with Crippen molar-refractivity contribution in [2.75, 3.05) is 47.0 Å². The van der Waals surface area contributed by atoms with Gasteiger partial charge in [-0.2, -0.15) is 0 Å². The Kier molecular flexibility index (Phi) is 6.55. The average Bonchev–Trinajstić information content (AvgIpc) is 2.94. The smallest absolute Gasteiger partial charge is 0.339 e. The number of amides is 1. The van der Waals surface area contributed by atoms with Gasteiger partial charge in [0.2, 0.25) is 5.91 Å². The number of esters is 1. The van der Waals surface area contributed by atoms with Crippen molar-refractivity contribution in [1.29, 1.82) is 0 Å². The van der Waals surface area contributed by atoms with E-state index in [1.807, 2.05) is 0 Å². The Morgan fingerprint density at radius 2 is 1.88 bits per heavy atom. The maximum Gasteiger partial charge on any atom is 0.339 e. The van der Waals surface area contributed by atoms with Crippen LogP contribution < -0.4 is 0 Å². The number of hydrogen-bond donors (Lipinski definition) is 1. The molecule has 144 valence electrons. The Balaban J connectivity index is 2.09. The summed E-state index contributed by atoms with van der Waals surface area (Å²) >= 11 is 0. The summed E-state index contributed by atoms with van der Waals surface area (Å²) in [5.41, 5.74) is 1.92. The molecule has 0 saturated carbocycles. The zero-order valence-corrected chi connectivity index (χ0v) is 16.0. The van der Waals surface area contributed by atoms with Gasteiger partial charge in [-0.3, -0.25) is 14.5 Å². The first-order valence-corrected chi connectivity index (χ1v) is 8.65. The van der Waals surface area contributed by atoms with Gasteiger partial charge in [0.15, 0.2) is 5.78 Å². The van der Waals surface area contributed by atoms with Gasteiger partial charge in [0.05, 0.1) is 44.2 Å². The molecule has 26 heavy (non-hydrogen) atoms. The Morgan fingerprint density at radius 3 is 2.46 bits per heavy atom. The number of nitrogens with zero attached hydrogens (tertiary/aromatic N) is 2. The number of aryl methyl sites for hydroxylation is 1. The highest BCUT2D eigenvalue weighted by atomic mass is 16.5. The number of methoxy groups -OCH3 is 1. The molecule has 1 atom stereocenters. The van der Waals surface area contributed by atoms with Crippen LogP contribution in [-0.2, 0) is 14.3 Å². The number of carbonyl (C=O) groups excluding carboxylic acids is 3. The quantitative estimate of drug-likeness (QED) is 0.592.